The molecular formula is C62H46O4. The molecule has 4 nitrogen and oxygen atoms in total. The molecule has 66 heavy (non-hydrogen) atoms. The first-order valence-electron chi connectivity index (χ1n) is 22.0. The van der Waals surface area contributed by atoms with Crippen LogP contribution in [0.4, 0.5) is 0 Å². The normalized spacial score (nSPS) is 11.2. The summed E-state index contributed by atoms with van der Waals surface area (Å²) in [7, 11) is 0. The fraction of sp³-hybridized carbons (Fsp3) is 0.0323. The third kappa shape index (κ3) is 11.1. The van der Waals surface area contributed by atoms with Gasteiger partial charge in [0.2, 0.25) is 0 Å². The summed E-state index contributed by atoms with van der Waals surface area (Å²) < 4.78 is 12.4. The number of rotatable bonds is 16. The molecule has 0 unspecified atom stereocenters. The average Bonchev–Trinajstić information content (AvgIpc) is 3.39. The van der Waals surface area contributed by atoms with E-state index in [1.54, 1.807) is 48.6 Å². The Balaban J connectivity index is 0.770. The standard InChI is InChI=1S/C62H46O4/c63-61(53-27-31-59(32-28-53)65-43-47-37-55(49-13-5-1-6-14-49)41-56(38-47)50-15-7-2-8-16-50)35-25-45-21-23-46(24-22-45)26-36-62(64)54-29-33-60(34-30-54)66-44-48-39-57(51-17-9-3-10-18-51)42-58(40-48)52-19-11-4-12-20-52/h1-42H,43-44H2/b35-25+,36-26+. The van der Waals surface area contributed by atoms with Crippen molar-refractivity contribution in [2.75, 3.05) is 0 Å². The zero-order valence-electron chi connectivity index (χ0n) is 36.3. The summed E-state index contributed by atoms with van der Waals surface area (Å²) in [6.45, 7) is 0.776. The van der Waals surface area contributed by atoms with Gasteiger partial charge in [0.05, 0.1) is 0 Å². The molecule has 0 amide bonds. The van der Waals surface area contributed by atoms with Gasteiger partial charge in [0, 0.05) is 11.1 Å². The van der Waals surface area contributed by atoms with Gasteiger partial charge < -0.3 is 9.47 Å². The van der Waals surface area contributed by atoms with Gasteiger partial charge in [-0.15, -0.1) is 0 Å². The van der Waals surface area contributed by atoms with E-state index in [4.69, 9.17) is 9.47 Å². The SMILES string of the molecule is O=C(/C=C/c1ccc(/C=C/C(=O)c2ccc(OCc3cc(-c4ccccc4)cc(-c4ccccc4)c3)cc2)cc1)c1ccc(OCc2cc(-c3ccccc3)cc(-c3ccccc3)c2)cc1. The van der Waals surface area contributed by atoms with Crippen molar-refractivity contribution in [2.24, 2.45) is 0 Å². The molecule has 4 heteroatoms. The van der Waals surface area contributed by atoms with Crippen LogP contribution in [0.15, 0.2) is 243 Å². The van der Waals surface area contributed by atoms with E-state index in [9.17, 15) is 9.59 Å². The topological polar surface area (TPSA) is 52.6 Å². The summed E-state index contributed by atoms with van der Waals surface area (Å²) in [6.07, 6.45) is 6.73. The predicted molar refractivity (Wildman–Crippen MR) is 269 cm³/mol. The molecule has 9 aromatic rings. The Labute approximate surface area is 386 Å². The first kappa shape index (κ1) is 42.7. The van der Waals surface area contributed by atoms with E-state index in [1.807, 2.05) is 121 Å². The number of hydrogen-bond donors (Lipinski definition) is 0. The number of carbonyl (C=O) groups excluding carboxylic acids is 2. The number of benzene rings is 9. The maximum absolute atomic E-state index is 13.1. The van der Waals surface area contributed by atoms with Crippen LogP contribution in [0.2, 0.25) is 0 Å². The minimum Gasteiger partial charge on any atom is -0.489 e. The molecule has 0 aliphatic rings. The maximum Gasteiger partial charge on any atom is 0.185 e. The Morgan fingerprint density at radius 3 is 0.894 bits per heavy atom. The van der Waals surface area contributed by atoms with E-state index in [2.05, 4.69) is 84.9 Å². The summed E-state index contributed by atoms with van der Waals surface area (Å²) in [4.78, 5) is 26.2. The van der Waals surface area contributed by atoms with Crippen LogP contribution in [-0.2, 0) is 13.2 Å². The van der Waals surface area contributed by atoms with Crippen molar-refractivity contribution in [1.82, 2.24) is 0 Å². The van der Waals surface area contributed by atoms with Crippen LogP contribution in [0.25, 0.3) is 56.7 Å². The van der Waals surface area contributed by atoms with Gasteiger partial charge in [0.15, 0.2) is 11.6 Å². The van der Waals surface area contributed by atoms with Crippen LogP contribution in [-0.4, -0.2) is 11.6 Å². The van der Waals surface area contributed by atoms with Gasteiger partial charge in [0.25, 0.3) is 0 Å². The van der Waals surface area contributed by atoms with Crippen molar-refractivity contribution in [3.05, 3.63) is 276 Å². The van der Waals surface area contributed by atoms with Gasteiger partial charge in [0.1, 0.15) is 24.7 Å². The highest BCUT2D eigenvalue weighted by Crippen LogP contribution is 2.31. The summed E-state index contributed by atoms with van der Waals surface area (Å²) in [6, 6.07) is 76.6. The molecule has 0 heterocycles. The summed E-state index contributed by atoms with van der Waals surface area (Å²) in [5, 5.41) is 0. The third-order valence-electron chi connectivity index (χ3n) is 11.3. The Morgan fingerprint density at radius 1 is 0.318 bits per heavy atom. The first-order chi connectivity index (χ1) is 32.5. The van der Waals surface area contributed by atoms with Crippen molar-refractivity contribution in [1.29, 1.82) is 0 Å². The van der Waals surface area contributed by atoms with E-state index in [0.717, 1.165) is 66.8 Å². The van der Waals surface area contributed by atoms with Gasteiger partial charge >= 0.3 is 0 Å². The monoisotopic (exact) mass is 854 g/mol. The molecule has 0 saturated carbocycles. The first-order valence-corrected chi connectivity index (χ1v) is 22.0. The van der Waals surface area contributed by atoms with Gasteiger partial charge in [-0.2, -0.15) is 0 Å². The van der Waals surface area contributed by atoms with Crippen LogP contribution in [0.3, 0.4) is 0 Å². The van der Waals surface area contributed by atoms with E-state index in [-0.39, 0.29) is 11.6 Å². The highest BCUT2D eigenvalue weighted by atomic mass is 16.5. The minimum absolute atomic E-state index is 0.106. The highest BCUT2D eigenvalue weighted by Gasteiger charge is 2.10. The lowest BCUT2D eigenvalue weighted by molar-refractivity contribution is 0.103. The van der Waals surface area contributed by atoms with E-state index in [1.165, 1.54) is 0 Å². The summed E-state index contributed by atoms with van der Waals surface area (Å²) in [5.74, 6) is 1.16. The zero-order valence-corrected chi connectivity index (χ0v) is 36.3. The second kappa shape index (κ2) is 20.7. The van der Waals surface area contributed by atoms with Crippen molar-refractivity contribution >= 4 is 23.7 Å². The van der Waals surface area contributed by atoms with E-state index >= 15 is 0 Å². The van der Waals surface area contributed by atoms with Crippen LogP contribution in [0.1, 0.15) is 43.0 Å². The molecule has 0 N–H and O–H groups in total. The van der Waals surface area contributed by atoms with Crippen LogP contribution < -0.4 is 9.47 Å². The molecule has 9 aromatic carbocycles. The van der Waals surface area contributed by atoms with Gasteiger partial charge in [-0.1, -0.05) is 158 Å². The number of carbonyl (C=O) groups is 2. The zero-order chi connectivity index (χ0) is 44.9. The Bertz CT molecular complexity index is 2770. The molecule has 0 fully saturated rings. The molecule has 9 rings (SSSR count). The van der Waals surface area contributed by atoms with E-state index < -0.39 is 0 Å². The van der Waals surface area contributed by atoms with E-state index in [0.29, 0.717) is 35.8 Å². The largest absolute Gasteiger partial charge is 0.489 e. The van der Waals surface area contributed by atoms with Gasteiger partial charge in [-0.25, -0.2) is 0 Å². The third-order valence-corrected chi connectivity index (χ3v) is 11.3. The molecule has 0 spiro atoms. The fourth-order valence-electron chi connectivity index (χ4n) is 7.76. The maximum atomic E-state index is 13.1. The lowest BCUT2D eigenvalue weighted by Gasteiger charge is -2.12. The second-order valence-electron chi connectivity index (χ2n) is 16.0. The van der Waals surface area contributed by atoms with Crippen molar-refractivity contribution in [2.45, 2.75) is 13.2 Å². The molecule has 0 radical (unpaired) electrons. The number of allylic oxidation sites excluding steroid dienone is 2. The van der Waals surface area contributed by atoms with Crippen molar-refractivity contribution in [3.63, 3.8) is 0 Å². The minimum atomic E-state index is -0.106. The Kier molecular flexibility index (Phi) is 13.4. The molecule has 0 bridgehead atoms. The van der Waals surface area contributed by atoms with Crippen molar-refractivity contribution in [3.8, 4) is 56.0 Å². The lowest BCUT2D eigenvalue weighted by Crippen LogP contribution is -1.98. The average molecular weight is 855 g/mol. The van der Waals surface area contributed by atoms with Crippen molar-refractivity contribution < 1.29 is 19.1 Å². The summed E-state index contributed by atoms with van der Waals surface area (Å²) in [5.41, 5.74) is 14.1. The molecule has 0 atom stereocenters. The molecular weight excluding hydrogens is 809 g/mol. The van der Waals surface area contributed by atoms with Crippen LogP contribution >= 0.6 is 0 Å². The number of ketones is 2. The molecule has 0 aliphatic carbocycles. The quantitative estimate of drug-likeness (QED) is 0.0718. The predicted octanol–water partition coefficient (Wildman–Crippen LogP) is 15.3. The number of hydrogen-bond acceptors (Lipinski definition) is 4. The fourth-order valence-corrected chi connectivity index (χ4v) is 7.76. The Morgan fingerprint density at radius 2 is 0.606 bits per heavy atom. The van der Waals surface area contributed by atoms with Gasteiger partial charge in [-0.3, -0.25) is 9.59 Å². The second-order valence-corrected chi connectivity index (χ2v) is 16.0. The summed E-state index contributed by atoms with van der Waals surface area (Å²) >= 11 is 0. The van der Waals surface area contributed by atoms with Gasteiger partial charge in [-0.05, 0) is 164 Å². The van der Waals surface area contributed by atoms with Crippen LogP contribution in [0.5, 0.6) is 11.5 Å². The smallest absolute Gasteiger partial charge is 0.185 e. The molecule has 0 aromatic heterocycles. The molecule has 0 saturated heterocycles. The van der Waals surface area contributed by atoms with Crippen LogP contribution in [0, 0.1) is 0 Å². The highest BCUT2D eigenvalue weighted by molar-refractivity contribution is 6.07. The molecule has 318 valence electrons. The number of ether oxygens (including phenoxy) is 2. The molecule has 0 aliphatic heterocycles. The Hall–Kier alpha value is -8.60. The lowest BCUT2D eigenvalue weighted by atomic mass is 9.96.